The van der Waals surface area contributed by atoms with Crippen LogP contribution in [0, 0.1) is 5.82 Å². The van der Waals surface area contributed by atoms with Crippen molar-refractivity contribution in [2.75, 3.05) is 19.6 Å². The lowest BCUT2D eigenvalue weighted by Gasteiger charge is -2.31. The molecule has 198 valence electrons. The van der Waals surface area contributed by atoms with Gasteiger partial charge < -0.3 is 19.9 Å². The van der Waals surface area contributed by atoms with Crippen LogP contribution in [-0.4, -0.2) is 52.4 Å². The number of benzene rings is 2. The summed E-state index contributed by atoms with van der Waals surface area (Å²) in [6.45, 7) is 5.68. The molecule has 9 heteroatoms. The molecule has 1 aliphatic rings. The molecular weight excluding hydrogens is 503 g/mol. The number of rotatable bonds is 8. The number of hydrogen-bond donors (Lipinski definition) is 2. The van der Waals surface area contributed by atoms with E-state index < -0.39 is 0 Å². The number of carbonyl (C=O) groups excluding carboxylic acids is 2. The highest BCUT2D eigenvalue weighted by Gasteiger charge is 2.27. The van der Waals surface area contributed by atoms with Gasteiger partial charge in [-0.05, 0) is 81.1 Å². The van der Waals surface area contributed by atoms with Gasteiger partial charge in [-0.1, -0.05) is 0 Å². The molecule has 0 atom stereocenters. The Kier molecular flexibility index (Phi) is 7.74. The predicted molar refractivity (Wildman–Crippen MR) is 146 cm³/mol. The van der Waals surface area contributed by atoms with E-state index in [0.717, 1.165) is 40.1 Å². The van der Waals surface area contributed by atoms with Crippen LogP contribution in [0.4, 0.5) is 4.39 Å². The van der Waals surface area contributed by atoms with E-state index in [1.807, 2.05) is 49.2 Å². The molecule has 0 aliphatic carbocycles. The number of aromatic amines is 1. The van der Waals surface area contributed by atoms with Crippen molar-refractivity contribution in [3.63, 3.8) is 0 Å². The Morgan fingerprint density at radius 3 is 2.68 bits per heavy atom. The monoisotopic (exact) mass is 534 g/mol. The summed E-state index contributed by atoms with van der Waals surface area (Å²) < 4.78 is 19.3. The first-order valence-corrected chi connectivity index (χ1v) is 13.8. The van der Waals surface area contributed by atoms with Crippen LogP contribution in [0.2, 0.25) is 0 Å². The summed E-state index contributed by atoms with van der Waals surface area (Å²) in [5, 5.41) is 6.48. The van der Waals surface area contributed by atoms with Gasteiger partial charge in [-0.3, -0.25) is 9.59 Å². The third-order valence-corrected chi connectivity index (χ3v) is 7.78. The lowest BCUT2D eigenvalue weighted by Crippen LogP contribution is -2.37. The van der Waals surface area contributed by atoms with Crippen LogP contribution in [0.5, 0.6) is 5.75 Å². The van der Waals surface area contributed by atoms with Gasteiger partial charge in [0.25, 0.3) is 11.8 Å². The zero-order valence-electron chi connectivity index (χ0n) is 21.5. The maximum absolute atomic E-state index is 13.6. The summed E-state index contributed by atoms with van der Waals surface area (Å²) in [5.41, 5.74) is 2.90. The Morgan fingerprint density at radius 2 is 1.95 bits per heavy atom. The molecule has 7 nitrogen and oxygen atoms in total. The van der Waals surface area contributed by atoms with Gasteiger partial charge in [0.15, 0.2) is 0 Å². The number of nitrogens with zero attached hydrogens (tertiary/aromatic N) is 2. The van der Waals surface area contributed by atoms with Crippen molar-refractivity contribution in [1.82, 2.24) is 20.2 Å². The number of aromatic nitrogens is 2. The van der Waals surface area contributed by atoms with E-state index in [0.29, 0.717) is 37.3 Å². The average molecular weight is 535 g/mol. The number of H-pyrrole nitrogens is 1. The Bertz CT molecular complexity index is 1420. The summed E-state index contributed by atoms with van der Waals surface area (Å²) in [7, 11) is 0. The van der Waals surface area contributed by atoms with E-state index in [1.54, 1.807) is 11.4 Å². The van der Waals surface area contributed by atoms with Gasteiger partial charge in [0.2, 0.25) is 0 Å². The number of amides is 2. The minimum absolute atomic E-state index is 0.0247. The Balaban J connectivity index is 1.11. The highest BCUT2D eigenvalue weighted by Crippen LogP contribution is 2.31. The van der Waals surface area contributed by atoms with Crippen LogP contribution < -0.4 is 10.1 Å². The second-order valence-corrected chi connectivity index (χ2v) is 10.7. The highest BCUT2D eigenvalue weighted by atomic mass is 32.1. The van der Waals surface area contributed by atoms with Crippen LogP contribution in [-0.2, 0) is 6.42 Å². The molecule has 2 amide bonds. The van der Waals surface area contributed by atoms with Crippen molar-refractivity contribution in [2.45, 2.75) is 45.1 Å². The average Bonchev–Trinajstić information content (AvgIpc) is 3.56. The van der Waals surface area contributed by atoms with Crippen LogP contribution in [0.25, 0.3) is 10.9 Å². The Morgan fingerprint density at radius 1 is 1.18 bits per heavy atom. The van der Waals surface area contributed by atoms with Crippen molar-refractivity contribution in [3.05, 3.63) is 81.7 Å². The maximum atomic E-state index is 13.6. The second-order valence-electron chi connectivity index (χ2n) is 9.84. The first-order chi connectivity index (χ1) is 18.4. The van der Waals surface area contributed by atoms with E-state index >= 15 is 0 Å². The Hall–Kier alpha value is -3.72. The number of likely N-dealkylation sites (tertiary alicyclic amines) is 1. The topological polar surface area (TPSA) is 87.3 Å². The number of fused-ring (bicyclic) bond motifs is 1. The molecule has 1 saturated heterocycles. The highest BCUT2D eigenvalue weighted by molar-refractivity contribution is 7.09. The van der Waals surface area contributed by atoms with Crippen LogP contribution in [0.3, 0.4) is 0 Å². The first-order valence-electron chi connectivity index (χ1n) is 12.9. The van der Waals surface area contributed by atoms with Crippen molar-refractivity contribution in [1.29, 1.82) is 0 Å². The lowest BCUT2D eigenvalue weighted by molar-refractivity contribution is 0.0713. The van der Waals surface area contributed by atoms with Crippen molar-refractivity contribution in [2.24, 2.45) is 0 Å². The molecule has 0 radical (unpaired) electrons. The van der Waals surface area contributed by atoms with Crippen molar-refractivity contribution < 1.29 is 18.7 Å². The number of carbonyl (C=O) groups is 2. The molecule has 0 unspecified atom stereocenters. The summed E-state index contributed by atoms with van der Waals surface area (Å²) in [6.07, 6.45) is 4.15. The molecule has 38 heavy (non-hydrogen) atoms. The van der Waals surface area contributed by atoms with E-state index in [-0.39, 0.29) is 29.7 Å². The van der Waals surface area contributed by atoms with Gasteiger partial charge in [0.1, 0.15) is 17.3 Å². The van der Waals surface area contributed by atoms with E-state index in [9.17, 15) is 14.0 Å². The van der Waals surface area contributed by atoms with Crippen molar-refractivity contribution in [3.8, 4) is 5.75 Å². The normalized spacial score (nSPS) is 14.3. The van der Waals surface area contributed by atoms with Gasteiger partial charge in [0.05, 0.1) is 11.1 Å². The first kappa shape index (κ1) is 25.9. The summed E-state index contributed by atoms with van der Waals surface area (Å²) in [5.74, 6) is 0.520. The molecule has 0 spiro atoms. The molecular formula is C29H31FN4O3S. The SMILES string of the molecule is CC(C)Oc1ccc(C(=O)N2CCC(c3nc(C(=O)NCCc4c[nH]c5ccc(F)cc45)cs3)CC2)cc1. The molecule has 3 heterocycles. The molecule has 2 aromatic heterocycles. The number of thiazole rings is 1. The quantitative estimate of drug-likeness (QED) is 0.311. The molecule has 0 saturated carbocycles. The number of piperidine rings is 1. The second kappa shape index (κ2) is 11.3. The fraction of sp³-hybridized carbons (Fsp3) is 0.345. The number of ether oxygens (including phenoxy) is 1. The standard InChI is InChI=1S/C29H31FN4O3S/c1-18(2)37-23-6-3-20(4-7-23)29(36)34-13-10-19(11-14-34)28-33-26(17-38-28)27(35)31-12-9-21-16-32-25-8-5-22(30)15-24(21)25/h3-8,15-19,32H,9-14H2,1-2H3,(H,31,35). The summed E-state index contributed by atoms with van der Waals surface area (Å²) in [4.78, 5) is 35.2. The van der Waals surface area contributed by atoms with Crippen LogP contribution in [0.1, 0.15) is 64.0 Å². The smallest absolute Gasteiger partial charge is 0.270 e. The zero-order chi connectivity index (χ0) is 26.6. The molecule has 4 aromatic rings. The molecule has 1 aliphatic heterocycles. The molecule has 2 N–H and O–H groups in total. The fourth-order valence-corrected chi connectivity index (χ4v) is 5.77. The fourth-order valence-electron chi connectivity index (χ4n) is 4.80. The number of halogens is 1. The largest absolute Gasteiger partial charge is 0.491 e. The van der Waals surface area contributed by atoms with Crippen LogP contribution >= 0.6 is 11.3 Å². The van der Waals surface area contributed by atoms with Gasteiger partial charge >= 0.3 is 0 Å². The third-order valence-electron chi connectivity index (χ3n) is 6.77. The van der Waals surface area contributed by atoms with Gasteiger partial charge in [-0.25, -0.2) is 9.37 Å². The van der Waals surface area contributed by atoms with Gasteiger partial charge in [-0.2, -0.15) is 0 Å². The minimum atomic E-state index is -0.279. The minimum Gasteiger partial charge on any atom is -0.491 e. The maximum Gasteiger partial charge on any atom is 0.270 e. The number of nitrogens with one attached hydrogen (secondary N) is 2. The zero-order valence-corrected chi connectivity index (χ0v) is 22.3. The van der Waals surface area contributed by atoms with Gasteiger partial charge in [0, 0.05) is 53.6 Å². The predicted octanol–water partition coefficient (Wildman–Crippen LogP) is 5.54. The van der Waals surface area contributed by atoms with Crippen molar-refractivity contribution >= 4 is 34.1 Å². The van der Waals surface area contributed by atoms with E-state index in [1.165, 1.54) is 23.5 Å². The van der Waals surface area contributed by atoms with E-state index in [4.69, 9.17) is 4.74 Å². The van der Waals surface area contributed by atoms with E-state index in [2.05, 4.69) is 15.3 Å². The van der Waals surface area contributed by atoms with Crippen LogP contribution in [0.15, 0.2) is 54.0 Å². The molecule has 5 rings (SSSR count). The Labute approximate surface area is 225 Å². The summed E-state index contributed by atoms with van der Waals surface area (Å²) in [6, 6.07) is 11.9. The third kappa shape index (κ3) is 5.88. The molecule has 2 aromatic carbocycles. The molecule has 1 fully saturated rings. The summed E-state index contributed by atoms with van der Waals surface area (Å²) >= 11 is 1.50. The van der Waals surface area contributed by atoms with Gasteiger partial charge in [-0.15, -0.1) is 11.3 Å². The lowest BCUT2D eigenvalue weighted by atomic mass is 9.97. The number of hydrogen-bond acceptors (Lipinski definition) is 5. The molecule has 0 bridgehead atoms.